The van der Waals surface area contributed by atoms with Gasteiger partial charge in [-0.15, -0.1) is 10.2 Å². The predicted octanol–water partition coefficient (Wildman–Crippen LogP) is 0.121. The van der Waals surface area contributed by atoms with Gasteiger partial charge in [0, 0.05) is 32.2 Å². The zero-order chi connectivity index (χ0) is 14.1. The molecule has 1 atom stereocenters. The van der Waals surface area contributed by atoms with E-state index in [9.17, 15) is 0 Å². The van der Waals surface area contributed by atoms with Crippen LogP contribution in [0.4, 0.5) is 0 Å². The largest absolute Gasteiger partial charge is 0.328 e. The molecule has 2 N–H and O–H groups in total. The topological polar surface area (TPSA) is 63.2 Å². The molecule has 0 saturated carbocycles. The maximum absolute atomic E-state index is 5.99. The van der Waals surface area contributed by atoms with Gasteiger partial charge in [0.15, 0.2) is 0 Å². The minimum Gasteiger partial charge on any atom is -0.328 e. The van der Waals surface area contributed by atoms with Gasteiger partial charge in [0.1, 0.15) is 11.6 Å². The standard InChI is InChI=1S/C14H26N6/c1-11-16-17-14(18(11)2)10-19-6-5-13(9-19)20-7-3-12(15)4-8-20/h12-13H,3-10,15H2,1-2H3. The van der Waals surface area contributed by atoms with E-state index in [2.05, 4.69) is 24.6 Å². The van der Waals surface area contributed by atoms with Crippen molar-refractivity contribution in [3.8, 4) is 0 Å². The van der Waals surface area contributed by atoms with E-state index in [1.807, 2.05) is 14.0 Å². The van der Waals surface area contributed by atoms with Crippen molar-refractivity contribution in [2.75, 3.05) is 26.2 Å². The molecule has 6 heteroatoms. The number of nitrogens with zero attached hydrogens (tertiary/aromatic N) is 5. The molecule has 1 aromatic heterocycles. The highest BCUT2D eigenvalue weighted by Crippen LogP contribution is 2.21. The zero-order valence-electron chi connectivity index (χ0n) is 12.6. The molecule has 0 amide bonds. The van der Waals surface area contributed by atoms with Crippen LogP contribution in [0.25, 0.3) is 0 Å². The number of rotatable bonds is 3. The third-order valence-corrected chi connectivity index (χ3v) is 4.89. The number of hydrogen-bond donors (Lipinski definition) is 1. The highest BCUT2D eigenvalue weighted by molar-refractivity contribution is 4.95. The summed E-state index contributed by atoms with van der Waals surface area (Å²) >= 11 is 0. The lowest BCUT2D eigenvalue weighted by Gasteiger charge is -2.34. The van der Waals surface area contributed by atoms with Crippen LogP contribution < -0.4 is 5.73 Å². The quantitative estimate of drug-likeness (QED) is 0.851. The van der Waals surface area contributed by atoms with Crippen LogP contribution in [0.2, 0.25) is 0 Å². The molecule has 0 aliphatic carbocycles. The van der Waals surface area contributed by atoms with Crippen molar-refractivity contribution in [3.63, 3.8) is 0 Å². The molecule has 1 unspecified atom stereocenters. The maximum Gasteiger partial charge on any atom is 0.146 e. The average Bonchev–Trinajstić information content (AvgIpc) is 3.02. The van der Waals surface area contributed by atoms with E-state index in [-0.39, 0.29) is 0 Å². The first-order valence-corrected chi connectivity index (χ1v) is 7.70. The van der Waals surface area contributed by atoms with Crippen LogP contribution in [-0.2, 0) is 13.6 Å². The van der Waals surface area contributed by atoms with E-state index in [1.165, 1.54) is 26.1 Å². The maximum atomic E-state index is 5.99. The van der Waals surface area contributed by atoms with E-state index in [1.54, 1.807) is 0 Å². The minimum absolute atomic E-state index is 0.422. The third-order valence-electron chi connectivity index (χ3n) is 4.89. The molecule has 0 spiro atoms. The fourth-order valence-corrected chi connectivity index (χ4v) is 3.33. The van der Waals surface area contributed by atoms with Gasteiger partial charge in [0.2, 0.25) is 0 Å². The van der Waals surface area contributed by atoms with Crippen LogP contribution in [0, 0.1) is 6.92 Å². The molecule has 0 radical (unpaired) electrons. The summed E-state index contributed by atoms with van der Waals surface area (Å²) in [6.07, 6.45) is 3.57. The smallest absolute Gasteiger partial charge is 0.146 e. The first kappa shape index (κ1) is 14.0. The number of aromatic nitrogens is 3. The second-order valence-corrected chi connectivity index (χ2v) is 6.27. The Kier molecular flexibility index (Phi) is 4.05. The Morgan fingerprint density at radius 2 is 1.90 bits per heavy atom. The SMILES string of the molecule is Cc1nnc(CN2CCC(N3CCC(N)CC3)C2)n1C. The summed E-state index contributed by atoms with van der Waals surface area (Å²) in [7, 11) is 2.05. The molecule has 3 rings (SSSR count). The lowest BCUT2D eigenvalue weighted by atomic mass is 10.0. The van der Waals surface area contributed by atoms with Crippen molar-refractivity contribution >= 4 is 0 Å². The lowest BCUT2D eigenvalue weighted by Crippen LogP contribution is -2.46. The molecule has 2 aliphatic heterocycles. The van der Waals surface area contributed by atoms with Gasteiger partial charge in [0.25, 0.3) is 0 Å². The van der Waals surface area contributed by atoms with Crippen LogP contribution in [0.5, 0.6) is 0 Å². The van der Waals surface area contributed by atoms with Crippen LogP contribution >= 0.6 is 0 Å². The van der Waals surface area contributed by atoms with Crippen molar-refractivity contribution in [1.82, 2.24) is 24.6 Å². The highest BCUT2D eigenvalue weighted by atomic mass is 15.3. The van der Waals surface area contributed by atoms with E-state index in [0.717, 1.165) is 37.6 Å². The third kappa shape index (κ3) is 2.87. The van der Waals surface area contributed by atoms with Crippen molar-refractivity contribution in [1.29, 1.82) is 0 Å². The summed E-state index contributed by atoms with van der Waals surface area (Å²) in [5.74, 6) is 2.06. The van der Waals surface area contributed by atoms with Crippen molar-refractivity contribution < 1.29 is 0 Å². The molecule has 6 nitrogen and oxygen atoms in total. The molecular formula is C14H26N6. The van der Waals surface area contributed by atoms with Gasteiger partial charge in [-0.3, -0.25) is 9.80 Å². The van der Waals surface area contributed by atoms with Gasteiger partial charge >= 0.3 is 0 Å². The molecule has 1 aromatic rings. The van der Waals surface area contributed by atoms with Gasteiger partial charge in [-0.2, -0.15) is 0 Å². The summed E-state index contributed by atoms with van der Waals surface area (Å²) in [5.41, 5.74) is 5.99. The van der Waals surface area contributed by atoms with E-state index in [4.69, 9.17) is 5.73 Å². The Hall–Kier alpha value is -0.980. The molecule has 0 bridgehead atoms. The molecular weight excluding hydrogens is 252 g/mol. The normalized spacial score (nSPS) is 26.4. The van der Waals surface area contributed by atoms with Gasteiger partial charge in [-0.05, 0) is 39.3 Å². The van der Waals surface area contributed by atoms with Crippen molar-refractivity contribution in [3.05, 3.63) is 11.6 Å². The molecule has 2 saturated heterocycles. The summed E-state index contributed by atoms with van der Waals surface area (Å²) in [4.78, 5) is 5.13. The number of piperidine rings is 1. The number of hydrogen-bond acceptors (Lipinski definition) is 5. The van der Waals surface area contributed by atoms with Gasteiger partial charge in [-0.25, -0.2) is 0 Å². The Morgan fingerprint density at radius 1 is 1.15 bits per heavy atom. The van der Waals surface area contributed by atoms with Gasteiger partial charge < -0.3 is 10.3 Å². The van der Waals surface area contributed by atoms with Crippen LogP contribution in [0.1, 0.15) is 30.9 Å². The first-order chi connectivity index (χ1) is 9.63. The molecule has 0 aromatic carbocycles. The van der Waals surface area contributed by atoms with Crippen LogP contribution in [-0.4, -0.2) is 62.8 Å². The molecule has 112 valence electrons. The van der Waals surface area contributed by atoms with Crippen molar-refractivity contribution in [2.24, 2.45) is 12.8 Å². The summed E-state index contributed by atoms with van der Waals surface area (Å²) in [5, 5.41) is 8.40. The number of aryl methyl sites for hydroxylation is 1. The number of likely N-dealkylation sites (tertiary alicyclic amines) is 2. The van der Waals surface area contributed by atoms with Crippen LogP contribution in [0.3, 0.4) is 0 Å². The van der Waals surface area contributed by atoms with E-state index >= 15 is 0 Å². The molecule has 3 heterocycles. The second kappa shape index (κ2) is 5.79. The van der Waals surface area contributed by atoms with Crippen LogP contribution in [0.15, 0.2) is 0 Å². The molecule has 20 heavy (non-hydrogen) atoms. The average molecular weight is 278 g/mol. The van der Waals surface area contributed by atoms with Gasteiger partial charge in [0.05, 0.1) is 6.54 Å². The summed E-state index contributed by atoms with van der Waals surface area (Å²) < 4.78 is 2.09. The van der Waals surface area contributed by atoms with E-state index < -0.39 is 0 Å². The monoisotopic (exact) mass is 278 g/mol. The second-order valence-electron chi connectivity index (χ2n) is 6.27. The Morgan fingerprint density at radius 3 is 2.55 bits per heavy atom. The number of nitrogens with two attached hydrogens (primary N) is 1. The lowest BCUT2D eigenvalue weighted by molar-refractivity contribution is 0.151. The Labute approximate surface area is 120 Å². The van der Waals surface area contributed by atoms with Crippen molar-refractivity contribution in [2.45, 2.75) is 44.8 Å². The first-order valence-electron chi connectivity index (χ1n) is 7.70. The highest BCUT2D eigenvalue weighted by Gasteiger charge is 2.30. The molecule has 2 aliphatic rings. The minimum atomic E-state index is 0.422. The zero-order valence-corrected chi connectivity index (χ0v) is 12.6. The fourth-order valence-electron chi connectivity index (χ4n) is 3.33. The van der Waals surface area contributed by atoms with Gasteiger partial charge in [-0.1, -0.05) is 0 Å². The summed E-state index contributed by atoms with van der Waals surface area (Å²) in [6.45, 7) is 7.58. The Balaban J connectivity index is 1.53. The summed E-state index contributed by atoms with van der Waals surface area (Å²) in [6, 6.07) is 1.13. The van der Waals surface area contributed by atoms with E-state index in [0.29, 0.717) is 12.1 Å². The predicted molar refractivity (Wildman–Crippen MR) is 78.2 cm³/mol. The Bertz CT molecular complexity index is 449. The molecule has 2 fully saturated rings. The fraction of sp³-hybridized carbons (Fsp3) is 0.857.